The molecule has 0 amide bonds. The lowest BCUT2D eigenvalue weighted by molar-refractivity contribution is -0.131. The molecule has 2 rings (SSSR count). The van der Waals surface area contributed by atoms with Crippen molar-refractivity contribution in [3.8, 4) is 0 Å². The molecule has 0 aliphatic rings. The van der Waals surface area contributed by atoms with Crippen molar-refractivity contribution in [3.63, 3.8) is 0 Å². The summed E-state index contributed by atoms with van der Waals surface area (Å²) in [7, 11) is 0. The second kappa shape index (κ2) is 6.05. The minimum Gasteiger partial charge on any atom is -0.478 e. The normalized spacial score (nSPS) is 11.3. The van der Waals surface area contributed by atoms with Crippen molar-refractivity contribution in [2.75, 3.05) is 0 Å². The first-order valence-corrected chi connectivity index (χ1v) is 7.35. The first-order valence-electron chi connectivity index (χ1n) is 6.54. The molecule has 0 bridgehead atoms. The number of hydrogen-bond donors (Lipinski definition) is 1. The lowest BCUT2D eigenvalue weighted by atomic mass is 10.1. The molecule has 1 N–H and O–H groups in total. The molecule has 0 saturated heterocycles. The van der Waals surface area contributed by atoms with E-state index in [-0.39, 0.29) is 0 Å². The van der Waals surface area contributed by atoms with Crippen molar-refractivity contribution < 1.29 is 9.90 Å². The van der Waals surface area contributed by atoms with Gasteiger partial charge in [0.15, 0.2) is 0 Å². The number of carboxylic acids is 1. The van der Waals surface area contributed by atoms with Crippen LogP contribution < -0.4 is 0 Å². The Kier molecular flexibility index (Phi) is 4.39. The fourth-order valence-electron chi connectivity index (χ4n) is 2.27. The molecule has 2 aromatic rings. The minimum absolute atomic E-state index is 0.734. The highest BCUT2D eigenvalue weighted by molar-refractivity contribution is 7.12. The summed E-state index contributed by atoms with van der Waals surface area (Å²) in [6.45, 7) is 7.01. The van der Waals surface area contributed by atoms with Crippen LogP contribution in [0, 0.1) is 13.8 Å². The molecule has 0 saturated carbocycles. The van der Waals surface area contributed by atoms with E-state index in [1.807, 2.05) is 23.7 Å². The summed E-state index contributed by atoms with van der Waals surface area (Å²) in [5.74, 6) is -0.925. The van der Waals surface area contributed by atoms with Crippen molar-refractivity contribution in [2.24, 2.45) is 0 Å². The largest absolute Gasteiger partial charge is 0.478 e. The van der Waals surface area contributed by atoms with Gasteiger partial charge in [-0.05, 0) is 44.0 Å². The van der Waals surface area contributed by atoms with Crippen molar-refractivity contribution in [1.29, 1.82) is 0 Å². The Morgan fingerprint density at radius 1 is 1.45 bits per heavy atom. The van der Waals surface area contributed by atoms with Crippen molar-refractivity contribution in [3.05, 3.63) is 44.9 Å². The van der Waals surface area contributed by atoms with Gasteiger partial charge >= 0.3 is 5.97 Å². The van der Waals surface area contributed by atoms with Crippen molar-refractivity contribution in [1.82, 2.24) is 9.78 Å². The van der Waals surface area contributed by atoms with Crippen molar-refractivity contribution in [2.45, 2.75) is 33.7 Å². The third kappa shape index (κ3) is 3.17. The molecule has 20 heavy (non-hydrogen) atoms. The highest BCUT2D eigenvalue weighted by Gasteiger charge is 2.10. The number of thiophene rings is 1. The smallest absolute Gasteiger partial charge is 0.328 e. The van der Waals surface area contributed by atoms with E-state index in [0.717, 1.165) is 29.6 Å². The first kappa shape index (κ1) is 14.5. The van der Waals surface area contributed by atoms with Crippen molar-refractivity contribution >= 4 is 23.4 Å². The van der Waals surface area contributed by atoms with E-state index in [0.29, 0.717) is 0 Å². The van der Waals surface area contributed by atoms with E-state index in [4.69, 9.17) is 5.11 Å². The molecule has 0 aliphatic carbocycles. The van der Waals surface area contributed by atoms with Gasteiger partial charge in [0, 0.05) is 21.5 Å². The van der Waals surface area contributed by atoms with Gasteiger partial charge in [-0.3, -0.25) is 4.68 Å². The SMILES string of the molecule is CCc1c(C)nn(Cc2ccc(C=CC(=O)O)s2)c1C. The topological polar surface area (TPSA) is 55.1 Å². The number of carbonyl (C=O) groups is 1. The molecule has 0 aromatic carbocycles. The molecule has 0 spiro atoms. The number of aliphatic carboxylic acids is 1. The zero-order chi connectivity index (χ0) is 14.7. The molecule has 2 aromatic heterocycles. The van der Waals surface area contributed by atoms with Gasteiger partial charge < -0.3 is 5.11 Å². The van der Waals surface area contributed by atoms with Gasteiger partial charge in [-0.25, -0.2) is 4.79 Å². The Labute approximate surface area is 122 Å². The standard InChI is InChI=1S/C15H18N2O2S/c1-4-14-10(2)16-17(11(14)3)9-13-6-5-12(20-13)7-8-15(18)19/h5-8H,4,9H2,1-3H3,(H,18,19). The fraction of sp³-hybridized carbons (Fsp3) is 0.333. The number of nitrogens with zero attached hydrogens (tertiary/aromatic N) is 2. The van der Waals surface area contributed by atoms with Crippen LogP contribution in [-0.4, -0.2) is 20.9 Å². The lowest BCUT2D eigenvalue weighted by Gasteiger charge is -2.02. The third-order valence-corrected chi connectivity index (χ3v) is 4.30. The minimum atomic E-state index is -0.925. The number of carboxylic acid groups (broad SMARTS) is 1. The molecule has 0 fully saturated rings. The van der Waals surface area contributed by atoms with E-state index < -0.39 is 5.97 Å². The van der Waals surface area contributed by atoms with Crippen LogP contribution in [0.5, 0.6) is 0 Å². The fourth-order valence-corrected chi connectivity index (χ4v) is 3.17. The van der Waals surface area contributed by atoms with Crippen LogP contribution in [0.15, 0.2) is 18.2 Å². The summed E-state index contributed by atoms with van der Waals surface area (Å²) in [6, 6.07) is 3.96. The van der Waals surface area contributed by atoms with Crippen LogP contribution in [0.25, 0.3) is 6.08 Å². The maximum atomic E-state index is 10.5. The number of aromatic nitrogens is 2. The van der Waals surface area contributed by atoms with Gasteiger partial charge in [-0.15, -0.1) is 11.3 Å². The summed E-state index contributed by atoms with van der Waals surface area (Å²) < 4.78 is 2.02. The van der Waals surface area contributed by atoms with Crippen LogP contribution in [0.1, 0.15) is 33.6 Å². The number of aryl methyl sites for hydroxylation is 1. The number of rotatable bonds is 5. The zero-order valence-electron chi connectivity index (χ0n) is 11.9. The van der Waals surface area contributed by atoms with Crippen LogP contribution in [-0.2, 0) is 17.8 Å². The molecule has 0 unspecified atom stereocenters. The van der Waals surface area contributed by atoms with E-state index in [2.05, 4.69) is 18.9 Å². The summed E-state index contributed by atoms with van der Waals surface area (Å²) in [5, 5.41) is 13.2. The van der Waals surface area contributed by atoms with Gasteiger partial charge in [0.2, 0.25) is 0 Å². The maximum absolute atomic E-state index is 10.5. The van der Waals surface area contributed by atoms with Gasteiger partial charge in [0.05, 0.1) is 12.2 Å². The van der Waals surface area contributed by atoms with Crippen LogP contribution in [0.3, 0.4) is 0 Å². The average Bonchev–Trinajstić information content (AvgIpc) is 2.93. The third-order valence-electron chi connectivity index (χ3n) is 3.26. The predicted octanol–water partition coefficient (Wildman–Crippen LogP) is 3.27. The average molecular weight is 290 g/mol. The summed E-state index contributed by atoms with van der Waals surface area (Å²) in [4.78, 5) is 12.6. The Morgan fingerprint density at radius 2 is 2.20 bits per heavy atom. The zero-order valence-corrected chi connectivity index (χ0v) is 12.7. The predicted molar refractivity (Wildman–Crippen MR) is 81.2 cm³/mol. The second-order valence-corrected chi connectivity index (χ2v) is 5.84. The van der Waals surface area contributed by atoms with E-state index in [1.165, 1.54) is 16.1 Å². The van der Waals surface area contributed by atoms with Gasteiger partial charge in [0.1, 0.15) is 0 Å². The van der Waals surface area contributed by atoms with Crippen LogP contribution >= 0.6 is 11.3 Å². The molecular weight excluding hydrogens is 272 g/mol. The quantitative estimate of drug-likeness (QED) is 0.860. The molecular formula is C15H18N2O2S. The Balaban J connectivity index is 2.17. The first-order chi connectivity index (χ1) is 9.51. The van der Waals surface area contributed by atoms with Crippen LogP contribution in [0.2, 0.25) is 0 Å². The lowest BCUT2D eigenvalue weighted by Crippen LogP contribution is -2.02. The molecule has 106 valence electrons. The highest BCUT2D eigenvalue weighted by Crippen LogP contribution is 2.21. The highest BCUT2D eigenvalue weighted by atomic mass is 32.1. The molecule has 0 aliphatic heterocycles. The Bertz CT molecular complexity index is 653. The van der Waals surface area contributed by atoms with E-state index in [1.54, 1.807) is 17.4 Å². The Morgan fingerprint density at radius 3 is 2.80 bits per heavy atom. The summed E-state index contributed by atoms with van der Waals surface area (Å²) >= 11 is 1.59. The monoisotopic (exact) mass is 290 g/mol. The summed E-state index contributed by atoms with van der Waals surface area (Å²) in [6.07, 6.45) is 3.78. The molecule has 2 heterocycles. The molecule has 0 radical (unpaired) electrons. The van der Waals surface area contributed by atoms with E-state index in [9.17, 15) is 4.79 Å². The molecule has 0 atom stereocenters. The number of hydrogen-bond acceptors (Lipinski definition) is 3. The van der Waals surface area contributed by atoms with E-state index >= 15 is 0 Å². The summed E-state index contributed by atoms with van der Waals surface area (Å²) in [5.41, 5.74) is 3.61. The van der Waals surface area contributed by atoms with Gasteiger partial charge in [0.25, 0.3) is 0 Å². The van der Waals surface area contributed by atoms with Gasteiger partial charge in [-0.2, -0.15) is 5.10 Å². The Hall–Kier alpha value is -1.88. The van der Waals surface area contributed by atoms with Crippen LogP contribution in [0.4, 0.5) is 0 Å². The maximum Gasteiger partial charge on any atom is 0.328 e. The molecule has 4 nitrogen and oxygen atoms in total. The molecule has 5 heteroatoms. The van der Waals surface area contributed by atoms with Gasteiger partial charge in [-0.1, -0.05) is 6.92 Å². The second-order valence-electron chi connectivity index (χ2n) is 4.64.